The van der Waals surface area contributed by atoms with Crippen LogP contribution in [0.25, 0.3) is 10.9 Å². The number of hydrogen-bond acceptors (Lipinski definition) is 7. The van der Waals surface area contributed by atoms with Crippen LogP contribution in [-0.4, -0.2) is 73.4 Å². The van der Waals surface area contributed by atoms with Crippen molar-refractivity contribution in [3.8, 4) is 11.8 Å². The highest BCUT2D eigenvalue weighted by atomic mass is 16.5. The molecule has 1 aromatic heterocycles. The number of carbonyl (C=O) groups is 2. The van der Waals surface area contributed by atoms with E-state index < -0.39 is 42.8 Å². The van der Waals surface area contributed by atoms with Crippen LogP contribution in [0.2, 0.25) is 0 Å². The molecule has 1 unspecified atom stereocenters. The lowest BCUT2D eigenvalue weighted by atomic mass is 9.97. The third-order valence-corrected chi connectivity index (χ3v) is 3.87. The summed E-state index contributed by atoms with van der Waals surface area (Å²) >= 11 is 0. The number of aliphatic hydroxyl groups is 3. The zero-order valence-electron chi connectivity index (χ0n) is 12.7. The van der Waals surface area contributed by atoms with Crippen molar-refractivity contribution in [2.24, 2.45) is 0 Å². The highest BCUT2D eigenvalue weighted by Crippen LogP contribution is 2.20. The monoisotopic (exact) mass is 346 g/mol. The average molecular weight is 346 g/mol. The molecule has 0 saturated carbocycles. The van der Waals surface area contributed by atoms with Crippen LogP contribution in [-0.2, 0) is 9.53 Å². The molecule has 4 atom stereocenters. The molecule has 5 N–H and O–H groups in total. The standard InChI is InChI=1S/C16H14N2O7/c19-6-11-14(21)15(22)13(20)10(25-11)2-1-7-3-8(16(23)24)4-9-5-17-18-12(7)9/h3-5,10-11,13-14,19-21H,6H2,(H,17,18)(H,23,24)/t10-,11?,13-,14-/m1/s1. The quantitative estimate of drug-likeness (QED) is 0.419. The van der Waals surface area contributed by atoms with Gasteiger partial charge in [-0.3, -0.25) is 9.89 Å². The lowest BCUT2D eigenvalue weighted by Gasteiger charge is -2.32. The molecule has 0 aliphatic carbocycles. The van der Waals surface area contributed by atoms with Gasteiger partial charge in [-0.05, 0) is 12.1 Å². The van der Waals surface area contributed by atoms with Gasteiger partial charge in [-0.1, -0.05) is 11.8 Å². The van der Waals surface area contributed by atoms with Crippen molar-refractivity contribution in [3.63, 3.8) is 0 Å². The van der Waals surface area contributed by atoms with Crippen LogP contribution in [0.3, 0.4) is 0 Å². The minimum atomic E-state index is -1.68. The van der Waals surface area contributed by atoms with Crippen molar-refractivity contribution < 1.29 is 34.8 Å². The van der Waals surface area contributed by atoms with Crippen molar-refractivity contribution in [1.82, 2.24) is 10.2 Å². The second-order valence-corrected chi connectivity index (χ2v) is 5.50. The number of carboxylic acids is 1. The van der Waals surface area contributed by atoms with Gasteiger partial charge in [-0.25, -0.2) is 4.79 Å². The number of aromatic nitrogens is 2. The minimum Gasteiger partial charge on any atom is -0.478 e. The molecule has 0 radical (unpaired) electrons. The maximum atomic E-state index is 11.8. The first-order chi connectivity index (χ1) is 11.9. The third kappa shape index (κ3) is 3.11. The van der Waals surface area contributed by atoms with E-state index in [9.17, 15) is 19.8 Å². The van der Waals surface area contributed by atoms with Gasteiger partial charge in [0.1, 0.15) is 12.2 Å². The van der Waals surface area contributed by atoms with Crippen LogP contribution in [0.1, 0.15) is 15.9 Å². The Balaban J connectivity index is 1.98. The largest absolute Gasteiger partial charge is 0.478 e. The van der Waals surface area contributed by atoms with Crippen molar-refractivity contribution >= 4 is 22.7 Å². The molecular formula is C16H14N2O7. The molecule has 130 valence electrons. The Kier molecular flexibility index (Phi) is 4.52. The first-order valence-corrected chi connectivity index (χ1v) is 7.30. The fourth-order valence-electron chi connectivity index (χ4n) is 2.53. The number of nitrogens with one attached hydrogen (secondary N) is 1. The van der Waals surface area contributed by atoms with E-state index in [4.69, 9.17) is 14.9 Å². The van der Waals surface area contributed by atoms with Crippen LogP contribution >= 0.6 is 0 Å². The molecule has 2 aromatic rings. The van der Waals surface area contributed by atoms with Gasteiger partial charge in [0, 0.05) is 5.39 Å². The van der Waals surface area contributed by atoms with E-state index in [0.29, 0.717) is 16.5 Å². The van der Waals surface area contributed by atoms with Crippen molar-refractivity contribution in [3.05, 3.63) is 29.5 Å². The van der Waals surface area contributed by atoms with Crippen molar-refractivity contribution in [2.75, 3.05) is 6.61 Å². The predicted octanol–water partition coefficient (Wildman–Crippen LogP) is -1.34. The normalized spacial score (nSPS) is 26.3. The number of carbonyl (C=O) groups excluding carboxylic acids is 1. The van der Waals surface area contributed by atoms with E-state index in [-0.39, 0.29) is 5.56 Å². The van der Waals surface area contributed by atoms with Crippen LogP contribution < -0.4 is 0 Å². The molecule has 1 aliphatic rings. The van der Waals surface area contributed by atoms with E-state index in [0.717, 1.165) is 0 Å². The minimum absolute atomic E-state index is 0.00282. The summed E-state index contributed by atoms with van der Waals surface area (Å²) in [6.45, 7) is -0.614. The topological polar surface area (TPSA) is 153 Å². The number of carboxylic acid groups (broad SMARTS) is 1. The van der Waals surface area contributed by atoms with E-state index in [1.54, 1.807) is 0 Å². The lowest BCUT2D eigenvalue weighted by Crippen LogP contribution is -2.55. The SMILES string of the molecule is O=C(O)c1cc(C#C[C@H]2OC(CO)[C@@H](O)C(=O)[C@@H]2O)c2[nH]ncc2c1. The Morgan fingerprint density at radius 2 is 2.08 bits per heavy atom. The number of hydrogen-bond donors (Lipinski definition) is 5. The zero-order chi connectivity index (χ0) is 18.1. The second kappa shape index (κ2) is 6.62. The molecule has 2 heterocycles. The fourth-order valence-corrected chi connectivity index (χ4v) is 2.53. The molecule has 1 fully saturated rings. The molecule has 1 aliphatic heterocycles. The van der Waals surface area contributed by atoms with Crippen LogP contribution in [0.15, 0.2) is 18.3 Å². The summed E-state index contributed by atoms with van der Waals surface area (Å²) in [6.07, 6.45) is -4.31. The molecule has 25 heavy (non-hydrogen) atoms. The van der Waals surface area contributed by atoms with E-state index in [1.807, 2.05) is 0 Å². The Bertz CT molecular complexity index is 895. The molecule has 0 spiro atoms. The van der Waals surface area contributed by atoms with Gasteiger partial charge in [-0.15, -0.1) is 0 Å². The van der Waals surface area contributed by atoms with E-state index in [1.165, 1.54) is 18.3 Å². The van der Waals surface area contributed by atoms with Crippen LogP contribution in [0, 0.1) is 11.8 Å². The number of aliphatic hydroxyl groups excluding tert-OH is 3. The lowest BCUT2D eigenvalue weighted by molar-refractivity contribution is -0.178. The number of fused-ring (bicyclic) bond motifs is 1. The summed E-state index contributed by atoms with van der Waals surface area (Å²) in [5.74, 6) is 3.18. The van der Waals surface area contributed by atoms with Gasteiger partial charge in [0.2, 0.25) is 0 Å². The van der Waals surface area contributed by atoms with Crippen LogP contribution in [0.5, 0.6) is 0 Å². The number of rotatable bonds is 2. The smallest absolute Gasteiger partial charge is 0.335 e. The van der Waals surface area contributed by atoms with Crippen molar-refractivity contribution in [1.29, 1.82) is 0 Å². The van der Waals surface area contributed by atoms with Gasteiger partial charge < -0.3 is 25.2 Å². The fraction of sp³-hybridized carbons (Fsp3) is 0.312. The summed E-state index contributed by atoms with van der Waals surface area (Å²) in [5.41, 5.74) is 0.790. The number of ether oxygens (including phenoxy) is 1. The van der Waals surface area contributed by atoms with Gasteiger partial charge in [0.15, 0.2) is 18.0 Å². The number of Topliss-reactive ketones (excluding diaryl/α,β-unsaturated/α-hetero) is 1. The molecule has 1 aromatic carbocycles. The van der Waals surface area contributed by atoms with Gasteiger partial charge in [0.05, 0.1) is 29.4 Å². The Morgan fingerprint density at radius 1 is 1.32 bits per heavy atom. The first-order valence-electron chi connectivity index (χ1n) is 7.30. The number of ketones is 1. The molecule has 3 rings (SSSR count). The molecule has 9 nitrogen and oxygen atoms in total. The molecule has 1 saturated heterocycles. The summed E-state index contributed by atoms with van der Waals surface area (Å²) in [5, 5.41) is 44.8. The number of nitrogens with zero attached hydrogens (tertiary/aromatic N) is 1. The maximum Gasteiger partial charge on any atom is 0.335 e. The molecular weight excluding hydrogens is 332 g/mol. The Labute approximate surface area is 140 Å². The van der Waals surface area contributed by atoms with Gasteiger partial charge in [0.25, 0.3) is 0 Å². The first kappa shape index (κ1) is 17.1. The third-order valence-electron chi connectivity index (χ3n) is 3.87. The maximum absolute atomic E-state index is 11.8. The number of H-pyrrole nitrogens is 1. The number of benzene rings is 1. The molecule has 9 heteroatoms. The van der Waals surface area contributed by atoms with Gasteiger partial charge in [-0.2, -0.15) is 5.10 Å². The number of aromatic amines is 1. The van der Waals surface area contributed by atoms with Gasteiger partial charge >= 0.3 is 5.97 Å². The summed E-state index contributed by atoms with van der Waals surface area (Å²) in [7, 11) is 0. The summed E-state index contributed by atoms with van der Waals surface area (Å²) in [6, 6.07) is 2.76. The predicted molar refractivity (Wildman–Crippen MR) is 82.7 cm³/mol. The number of aromatic carboxylic acids is 1. The Morgan fingerprint density at radius 3 is 2.76 bits per heavy atom. The average Bonchev–Trinajstić information content (AvgIpc) is 3.07. The second-order valence-electron chi connectivity index (χ2n) is 5.50. The Hall–Kier alpha value is -2.77. The molecule has 0 amide bonds. The van der Waals surface area contributed by atoms with Crippen LogP contribution in [0.4, 0.5) is 0 Å². The van der Waals surface area contributed by atoms with E-state index >= 15 is 0 Å². The highest BCUT2D eigenvalue weighted by molar-refractivity contribution is 5.95. The summed E-state index contributed by atoms with van der Waals surface area (Å²) in [4.78, 5) is 23.0. The summed E-state index contributed by atoms with van der Waals surface area (Å²) < 4.78 is 5.24. The van der Waals surface area contributed by atoms with E-state index in [2.05, 4.69) is 22.0 Å². The molecule has 0 bridgehead atoms. The zero-order valence-corrected chi connectivity index (χ0v) is 12.7. The highest BCUT2D eigenvalue weighted by Gasteiger charge is 2.42. The van der Waals surface area contributed by atoms with Crippen molar-refractivity contribution in [2.45, 2.75) is 24.4 Å².